The van der Waals surface area contributed by atoms with E-state index in [1.165, 1.54) is 30.3 Å². The first-order valence-electron chi connectivity index (χ1n) is 9.16. The minimum absolute atomic E-state index is 0.00641. The van der Waals surface area contributed by atoms with Gasteiger partial charge >= 0.3 is 6.18 Å². The highest BCUT2D eigenvalue weighted by atomic mass is 19.4. The number of aromatic nitrogens is 2. The number of alkyl halides is 3. The molecule has 0 amide bonds. The monoisotopic (exact) mass is 434 g/mol. The second-order valence-corrected chi connectivity index (χ2v) is 7.08. The van der Waals surface area contributed by atoms with E-state index in [0.717, 1.165) is 24.4 Å². The van der Waals surface area contributed by atoms with E-state index in [1.807, 2.05) is 0 Å². The van der Waals surface area contributed by atoms with Crippen LogP contribution in [0, 0.1) is 11.6 Å². The lowest BCUT2D eigenvalue weighted by atomic mass is 9.79. The lowest BCUT2D eigenvalue weighted by Crippen LogP contribution is -2.41. The zero-order chi connectivity index (χ0) is 22.4. The van der Waals surface area contributed by atoms with Gasteiger partial charge < -0.3 is 10.3 Å². The van der Waals surface area contributed by atoms with Crippen molar-refractivity contribution in [2.45, 2.75) is 24.7 Å². The highest BCUT2D eigenvalue weighted by molar-refractivity contribution is 5.99. The molecule has 1 aliphatic rings. The Morgan fingerprint density at radius 1 is 0.968 bits per heavy atom. The van der Waals surface area contributed by atoms with E-state index in [1.54, 1.807) is 6.92 Å². The molecule has 1 aliphatic heterocycles. The molecule has 0 unspecified atom stereocenters. The molecule has 2 aromatic heterocycles. The smallest absolute Gasteiger partial charge is 0.363 e. The zero-order valence-electron chi connectivity index (χ0n) is 16.0. The van der Waals surface area contributed by atoms with Crippen LogP contribution in [0.15, 0.2) is 64.5 Å². The number of H-pyrrole nitrogens is 1. The molecule has 10 heteroatoms. The van der Waals surface area contributed by atoms with Crippen molar-refractivity contribution in [3.8, 4) is 0 Å². The molecule has 3 aromatic rings. The fourth-order valence-electron chi connectivity index (χ4n) is 3.66. The van der Waals surface area contributed by atoms with Crippen LogP contribution in [-0.4, -0.2) is 21.8 Å². The number of pyridine rings is 2. The summed E-state index contributed by atoms with van der Waals surface area (Å²) in [5.41, 5.74) is -2.44. The maximum atomic E-state index is 14.4. The SMILES string of the molecule is C[C@@H]1NC(c2[nH]c(=O)ccc2F)=N[C@@]1(c1ccc(F)cc1)c1ccc(C(F)(F)F)nc1. The number of hydrogen-bond donors (Lipinski definition) is 2. The van der Waals surface area contributed by atoms with Gasteiger partial charge in [0.1, 0.15) is 28.6 Å². The molecular weight excluding hydrogens is 419 g/mol. The van der Waals surface area contributed by atoms with Crippen LogP contribution in [-0.2, 0) is 11.7 Å². The van der Waals surface area contributed by atoms with Crippen LogP contribution in [0.4, 0.5) is 22.0 Å². The van der Waals surface area contributed by atoms with Crippen LogP contribution in [0.1, 0.15) is 29.4 Å². The van der Waals surface area contributed by atoms with Crippen LogP contribution in [0.25, 0.3) is 0 Å². The number of hydrogen-bond acceptors (Lipinski definition) is 4. The summed E-state index contributed by atoms with van der Waals surface area (Å²) in [6.07, 6.45) is -3.58. The fourth-order valence-corrected chi connectivity index (χ4v) is 3.66. The lowest BCUT2D eigenvalue weighted by Gasteiger charge is -2.31. The first-order chi connectivity index (χ1) is 14.6. The van der Waals surface area contributed by atoms with Crippen LogP contribution in [0.2, 0.25) is 0 Å². The first-order valence-corrected chi connectivity index (χ1v) is 9.16. The van der Waals surface area contributed by atoms with Gasteiger partial charge in [0.2, 0.25) is 5.56 Å². The molecule has 2 atom stereocenters. The number of nitrogens with one attached hydrogen (secondary N) is 2. The standard InChI is InChI=1S/C21H15F5N4O/c1-11-20(12-2-5-14(22)6-3-12,13-4-8-16(27-10-13)21(24,25)26)30-19(28-11)18-15(23)7-9-17(31)29-18/h2-11H,1H3,(H,28,30)(H,29,31)/t11-,20-/m0/s1. The van der Waals surface area contributed by atoms with E-state index >= 15 is 0 Å². The van der Waals surface area contributed by atoms with Crippen molar-refractivity contribution >= 4 is 5.84 Å². The average molecular weight is 434 g/mol. The highest BCUT2D eigenvalue weighted by Gasteiger charge is 2.46. The molecule has 4 rings (SSSR count). The average Bonchev–Trinajstić information content (AvgIpc) is 3.08. The Kier molecular flexibility index (Phi) is 4.87. The van der Waals surface area contributed by atoms with Gasteiger partial charge in [0, 0.05) is 17.8 Å². The third-order valence-electron chi connectivity index (χ3n) is 5.15. The van der Waals surface area contributed by atoms with Gasteiger partial charge in [-0.15, -0.1) is 0 Å². The Morgan fingerprint density at radius 2 is 1.65 bits per heavy atom. The summed E-state index contributed by atoms with van der Waals surface area (Å²) < 4.78 is 66.9. The molecule has 31 heavy (non-hydrogen) atoms. The van der Waals surface area contributed by atoms with Gasteiger partial charge in [0.15, 0.2) is 5.82 Å². The summed E-state index contributed by atoms with van der Waals surface area (Å²) >= 11 is 0. The predicted octanol–water partition coefficient (Wildman–Crippen LogP) is 3.75. The molecule has 0 saturated heterocycles. The number of nitrogens with zero attached hydrogens (tertiary/aromatic N) is 2. The molecule has 160 valence electrons. The Bertz CT molecular complexity index is 1200. The van der Waals surface area contributed by atoms with Crippen LogP contribution in [0.3, 0.4) is 0 Å². The number of aliphatic imine (C=N–C) groups is 1. The molecule has 3 heterocycles. The summed E-state index contributed by atoms with van der Waals surface area (Å²) in [7, 11) is 0. The van der Waals surface area contributed by atoms with Crippen molar-refractivity contribution in [1.29, 1.82) is 0 Å². The Morgan fingerprint density at radius 3 is 2.26 bits per heavy atom. The molecule has 0 bridgehead atoms. The van der Waals surface area contributed by atoms with E-state index in [-0.39, 0.29) is 17.1 Å². The molecule has 2 N–H and O–H groups in total. The second kappa shape index (κ2) is 7.29. The second-order valence-electron chi connectivity index (χ2n) is 7.08. The summed E-state index contributed by atoms with van der Waals surface area (Å²) in [5.74, 6) is -1.24. The number of aromatic amines is 1. The molecule has 5 nitrogen and oxygen atoms in total. The van der Waals surface area contributed by atoms with Crippen LogP contribution < -0.4 is 10.9 Å². The van der Waals surface area contributed by atoms with E-state index in [9.17, 15) is 26.7 Å². The molecule has 0 saturated carbocycles. The van der Waals surface area contributed by atoms with E-state index in [0.29, 0.717) is 5.56 Å². The van der Waals surface area contributed by atoms with Gasteiger partial charge in [-0.3, -0.25) is 9.78 Å². The molecule has 0 spiro atoms. The number of halogens is 5. The maximum Gasteiger partial charge on any atom is 0.433 e. The van der Waals surface area contributed by atoms with Crippen molar-refractivity contribution in [3.63, 3.8) is 0 Å². The molecule has 0 aliphatic carbocycles. The quantitative estimate of drug-likeness (QED) is 0.617. The minimum Gasteiger partial charge on any atom is -0.363 e. The maximum absolute atomic E-state index is 14.4. The van der Waals surface area contributed by atoms with Gasteiger partial charge in [0.25, 0.3) is 0 Å². The van der Waals surface area contributed by atoms with Gasteiger partial charge in [-0.25, -0.2) is 13.8 Å². The Balaban J connectivity index is 1.93. The van der Waals surface area contributed by atoms with Gasteiger partial charge in [0.05, 0.1) is 6.04 Å². The summed E-state index contributed by atoms with van der Waals surface area (Å²) in [6, 6.07) is 8.74. The normalized spacial score (nSPS) is 21.0. The molecular formula is C21H15F5N4O. The van der Waals surface area contributed by atoms with Crippen molar-refractivity contribution in [3.05, 3.63) is 99.2 Å². The third kappa shape index (κ3) is 3.58. The number of amidine groups is 1. The molecule has 1 aromatic carbocycles. The number of rotatable bonds is 3. The summed E-state index contributed by atoms with van der Waals surface area (Å²) in [6.45, 7) is 1.69. The van der Waals surface area contributed by atoms with E-state index in [4.69, 9.17) is 0 Å². The van der Waals surface area contributed by atoms with Gasteiger partial charge in [-0.2, -0.15) is 13.2 Å². The van der Waals surface area contributed by atoms with E-state index < -0.39 is 40.6 Å². The topological polar surface area (TPSA) is 70.1 Å². The van der Waals surface area contributed by atoms with Gasteiger partial charge in [-0.05, 0) is 36.8 Å². The van der Waals surface area contributed by atoms with Crippen LogP contribution >= 0.6 is 0 Å². The van der Waals surface area contributed by atoms with Crippen molar-refractivity contribution in [2.75, 3.05) is 0 Å². The Hall–Kier alpha value is -3.56. The van der Waals surface area contributed by atoms with Crippen molar-refractivity contribution in [1.82, 2.24) is 15.3 Å². The minimum atomic E-state index is -4.62. The third-order valence-corrected chi connectivity index (χ3v) is 5.15. The van der Waals surface area contributed by atoms with Gasteiger partial charge in [-0.1, -0.05) is 18.2 Å². The van der Waals surface area contributed by atoms with Crippen molar-refractivity contribution < 1.29 is 22.0 Å². The predicted molar refractivity (Wildman–Crippen MR) is 103 cm³/mol. The van der Waals surface area contributed by atoms with E-state index in [2.05, 4.69) is 20.3 Å². The Labute approximate surface area is 172 Å². The lowest BCUT2D eigenvalue weighted by molar-refractivity contribution is -0.141. The summed E-state index contributed by atoms with van der Waals surface area (Å²) in [5, 5.41) is 2.98. The largest absolute Gasteiger partial charge is 0.433 e. The zero-order valence-corrected chi connectivity index (χ0v) is 16.0. The highest BCUT2D eigenvalue weighted by Crippen LogP contribution is 2.41. The van der Waals surface area contributed by atoms with Crippen molar-refractivity contribution in [2.24, 2.45) is 4.99 Å². The summed E-state index contributed by atoms with van der Waals surface area (Å²) in [4.78, 5) is 22.2. The fraction of sp³-hybridized carbons (Fsp3) is 0.190. The first kappa shape index (κ1) is 20.7. The molecule has 0 fully saturated rings. The van der Waals surface area contributed by atoms with Crippen LogP contribution in [0.5, 0.6) is 0 Å². The number of benzene rings is 1. The molecule has 0 radical (unpaired) electrons.